The second kappa shape index (κ2) is 5.29. The normalized spacial score (nSPS) is 12.2. The third kappa shape index (κ3) is 3.05. The van der Waals surface area contributed by atoms with Gasteiger partial charge < -0.3 is 10.5 Å². The molecule has 0 unspecified atom stereocenters. The number of benzene rings is 1. The maximum absolute atomic E-state index is 5.81. The van der Waals surface area contributed by atoms with Crippen LogP contribution in [0, 0.1) is 0 Å². The number of hydrogen-bond donors (Lipinski definition) is 1. The van der Waals surface area contributed by atoms with Crippen LogP contribution in [0.25, 0.3) is 0 Å². The number of nitrogens with two attached hydrogens (primary N) is 1. The summed E-state index contributed by atoms with van der Waals surface area (Å²) in [5, 5.41) is 0. The Labute approximate surface area is 109 Å². The van der Waals surface area contributed by atoms with Gasteiger partial charge in [0.1, 0.15) is 5.75 Å². The molecule has 0 aliphatic heterocycles. The first-order valence-electron chi connectivity index (χ1n) is 5.31. The van der Waals surface area contributed by atoms with Crippen LogP contribution in [0.3, 0.4) is 0 Å². The minimum Gasteiger partial charge on any atom is -0.438 e. The molecule has 2 aromatic rings. The summed E-state index contributed by atoms with van der Waals surface area (Å²) in [6.07, 6.45) is 1.70. The van der Waals surface area contributed by atoms with Gasteiger partial charge in [0.2, 0.25) is 5.88 Å². The number of rotatable bonds is 3. The van der Waals surface area contributed by atoms with E-state index < -0.39 is 0 Å². The number of pyridine rings is 1. The van der Waals surface area contributed by atoms with Crippen LogP contribution in [0.15, 0.2) is 47.1 Å². The Morgan fingerprint density at radius 1 is 1.29 bits per heavy atom. The molecule has 0 aliphatic carbocycles. The van der Waals surface area contributed by atoms with E-state index in [1.807, 2.05) is 43.3 Å². The van der Waals surface area contributed by atoms with Crippen molar-refractivity contribution < 1.29 is 4.74 Å². The summed E-state index contributed by atoms with van der Waals surface area (Å²) in [5.74, 6) is 1.29. The van der Waals surface area contributed by atoms with Crippen molar-refractivity contribution in [2.24, 2.45) is 5.73 Å². The van der Waals surface area contributed by atoms with Crippen LogP contribution in [-0.2, 0) is 0 Å². The number of ether oxygens (including phenoxy) is 1. The third-order valence-corrected chi connectivity index (χ3v) is 2.99. The Kier molecular flexibility index (Phi) is 3.76. The van der Waals surface area contributed by atoms with Gasteiger partial charge in [-0.15, -0.1) is 0 Å². The fourth-order valence-electron chi connectivity index (χ4n) is 1.40. The van der Waals surface area contributed by atoms with Crippen molar-refractivity contribution in [1.82, 2.24) is 4.98 Å². The highest BCUT2D eigenvalue weighted by atomic mass is 79.9. The maximum Gasteiger partial charge on any atom is 0.219 e. The standard InChI is InChI=1S/C13H13BrN2O/c1-9(15)10-6-7-16-13(8-10)17-12-5-3-2-4-11(12)14/h2-9H,15H2,1H3/t9-/m0/s1. The minimum absolute atomic E-state index is 0.0282. The van der Waals surface area contributed by atoms with Gasteiger partial charge in [0.25, 0.3) is 0 Å². The van der Waals surface area contributed by atoms with E-state index in [9.17, 15) is 0 Å². The molecule has 0 bridgehead atoms. The molecule has 1 heterocycles. The van der Waals surface area contributed by atoms with Gasteiger partial charge in [0.05, 0.1) is 4.47 Å². The van der Waals surface area contributed by atoms with Crippen molar-refractivity contribution in [3.63, 3.8) is 0 Å². The first-order valence-corrected chi connectivity index (χ1v) is 6.10. The fraction of sp³-hybridized carbons (Fsp3) is 0.154. The van der Waals surface area contributed by atoms with Crippen LogP contribution in [0.5, 0.6) is 11.6 Å². The number of hydrogen-bond acceptors (Lipinski definition) is 3. The number of para-hydroxylation sites is 1. The monoisotopic (exact) mass is 292 g/mol. The highest BCUT2D eigenvalue weighted by Crippen LogP contribution is 2.28. The second-order valence-electron chi connectivity index (χ2n) is 3.75. The molecule has 3 nitrogen and oxygen atoms in total. The summed E-state index contributed by atoms with van der Waals surface area (Å²) in [6.45, 7) is 1.93. The lowest BCUT2D eigenvalue weighted by Gasteiger charge is -2.09. The molecule has 1 atom stereocenters. The first-order chi connectivity index (χ1) is 8.16. The van der Waals surface area contributed by atoms with Gasteiger partial charge in [-0.2, -0.15) is 0 Å². The Morgan fingerprint density at radius 3 is 2.76 bits per heavy atom. The van der Waals surface area contributed by atoms with E-state index in [-0.39, 0.29) is 6.04 Å². The van der Waals surface area contributed by atoms with E-state index in [2.05, 4.69) is 20.9 Å². The lowest BCUT2D eigenvalue weighted by Crippen LogP contribution is -2.05. The van der Waals surface area contributed by atoms with Gasteiger partial charge in [-0.05, 0) is 46.6 Å². The SMILES string of the molecule is C[C@H](N)c1ccnc(Oc2ccccc2Br)c1. The van der Waals surface area contributed by atoms with Crippen molar-refractivity contribution in [3.05, 3.63) is 52.6 Å². The lowest BCUT2D eigenvalue weighted by molar-refractivity contribution is 0.459. The zero-order chi connectivity index (χ0) is 12.3. The molecule has 0 fully saturated rings. The van der Waals surface area contributed by atoms with Gasteiger partial charge in [-0.25, -0.2) is 4.98 Å². The van der Waals surface area contributed by atoms with E-state index in [0.29, 0.717) is 5.88 Å². The molecule has 0 radical (unpaired) electrons. The summed E-state index contributed by atoms with van der Waals surface area (Å²) in [4.78, 5) is 4.16. The zero-order valence-corrected chi connectivity index (χ0v) is 11.0. The smallest absolute Gasteiger partial charge is 0.219 e. The van der Waals surface area contributed by atoms with Crippen LogP contribution in [0.4, 0.5) is 0 Å². The molecule has 0 aliphatic rings. The average Bonchev–Trinajstić information content (AvgIpc) is 2.32. The van der Waals surface area contributed by atoms with E-state index in [0.717, 1.165) is 15.8 Å². The van der Waals surface area contributed by atoms with Crippen LogP contribution in [0.1, 0.15) is 18.5 Å². The van der Waals surface area contributed by atoms with E-state index in [1.165, 1.54) is 0 Å². The van der Waals surface area contributed by atoms with E-state index in [4.69, 9.17) is 10.5 Å². The molecule has 17 heavy (non-hydrogen) atoms. The molecule has 4 heteroatoms. The highest BCUT2D eigenvalue weighted by Gasteiger charge is 2.05. The average molecular weight is 293 g/mol. The number of halogens is 1. The van der Waals surface area contributed by atoms with Crippen LogP contribution in [-0.4, -0.2) is 4.98 Å². The molecule has 2 N–H and O–H groups in total. The molecule has 0 spiro atoms. The maximum atomic E-state index is 5.81. The van der Waals surface area contributed by atoms with Crippen LogP contribution < -0.4 is 10.5 Å². The summed E-state index contributed by atoms with van der Waals surface area (Å²) in [6, 6.07) is 11.4. The molecule has 0 saturated heterocycles. The predicted molar refractivity (Wildman–Crippen MR) is 71.1 cm³/mol. The van der Waals surface area contributed by atoms with E-state index in [1.54, 1.807) is 6.20 Å². The quantitative estimate of drug-likeness (QED) is 0.939. The minimum atomic E-state index is -0.0282. The lowest BCUT2D eigenvalue weighted by atomic mass is 10.1. The molecule has 0 saturated carbocycles. The molecule has 88 valence electrons. The van der Waals surface area contributed by atoms with Crippen LogP contribution >= 0.6 is 15.9 Å². The Hall–Kier alpha value is -1.39. The molecule has 0 amide bonds. The van der Waals surface area contributed by atoms with Crippen molar-refractivity contribution in [2.75, 3.05) is 0 Å². The zero-order valence-electron chi connectivity index (χ0n) is 9.43. The van der Waals surface area contributed by atoms with Gasteiger partial charge in [-0.3, -0.25) is 0 Å². The summed E-state index contributed by atoms with van der Waals surface area (Å²) in [5.41, 5.74) is 6.82. The molecular formula is C13H13BrN2O. The molecule has 2 rings (SSSR count). The predicted octanol–water partition coefficient (Wildman–Crippen LogP) is 3.66. The summed E-state index contributed by atoms with van der Waals surface area (Å²) >= 11 is 3.42. The highest BCUT2D eigenvalue weighted by molar-refractivity contribution is 9.10. The Morgan fingerprint density at radius 2 is 2.06 bits per heavy atom. The topological polar surface area (TPSA) is 48.1 Å². The molecule has 1 aromatic carbocycles. The van der Waals surface area contributed by atoms with E-state index >= 15 is 0 Å². The Bertz CT molecular complexity index is 514. The van der Waals surface area contributed by atoms with Gasteiger partial charge in [-0.1, -0.05) is 12.1 Å². The number of nitrogens with zero attached hydrogens (tertiary/aromatic N) is 1. The van der Waals surface area contributed by atoms with Gasteiger partial charge >= 0.3 is 0 Å². The van der Waals surface area contributed by atoms with Crippen molar-refractivity contribution in [3.8, 4) is 11.6 Å². The van der Waals surface area contributed by atoms with Crippen molar-refractivity contribution in [2.45, 2.75) is 13.0 Å². The second-order valence-corrected chi connectivity index (χ2v) is 4.60. The largest absolute Gasteiger partial charge is 0.438 e. The Balaban J connectivity index is 2.25. The van der Waals surface area contributed by atoms with Crippen LogP contribution in [0.2, 0.25) is 0 Å². The molecule has 1 aromatic heterocycles. The van der Waals surface area contributed by atoms with Crippen molar-refractivity contribution in [1.29, 1.82) is 0 Å². The molecular weight excluding hydrogens is 280 g/mol. The van der Waals surface area contributed by atoms with Crippen molar-refractivity contribution >= 4 is 15.9 Å². The summed E-state index contributed by atoms with van der Waals surface area (Å²) < 4.78 is 6.58. The summed E-state index contributed by atoms with van der Waals surface area (Å²) in [7, 11) is 0. The third-order valence-electron chi connectivity index (χ3n) is 2.34. The fourth-order valence-corrected chi connectivity index (χ4v) is 1.77. The first kappa shape index (κ1) is 12.1. The van der Waals surface area contributed by atoms with Gasteiger partial charge in [0, 0.05) is 18.3 Å². The number of aromatic nitrogens is 1. The van der Waals surface area contributed by atoms with Gasteiger partial charge in [0.15, 0.2) is 0 Å².